The fraction of sp³-hybridized carbons (Fsp3) is 0.900. The number of allylic oxidation sites excluding steroid dienone is 2. The summed E-state index contributed by atoms with van der Waals surface area (Å²) in [6.45, 7) is 16.2. The molecule has 3 nitrogen and oxygen atoms in total. The van der Waals surface area contributed by atoms with Crippen LogP contribution in [0.5, 0.6) is 0 Å². The lowest BCUT2D eigenvalue weighted by atomic mass is 9.44. The van der Waals surface area contributed by atoms with Crippen molar-refractivity contribution in [1.29, 1.82) is 0 Å². The Hall–Kier alpha value is -0.830. The van der Waals surface area contributed by atoms with E-state index in [2.05, 4.69) is 53.7 Å². The molecule has 11 atom stereocenters. The van der Waals surface area contributed by atoms with Crippen LogP contribution in [0.2, 0.25) is 0 Å². The van der Waals surface area contributed by atoms with Crippen LogP contribution in [-0.2, 0) is 14.3 Å². The molecule has 0 aromatic carbocycles. The molecule has 1 saturated heterocycles. The lowest BCUT2D eigenvalue weighted by Gasteiger charge is -2.59. The number of esters is 1. The number of carbonyl (C=O) groups is 1. The highest BCUT2D eigenvalue weighted by atomic mass is 16.6. The summed E-state index contributed by atoms with van der Waals surface area (Å²) in [5.74, 6) is 4.73. The van der Waals surface area contributed by atoms with E-state index in [1.165, 1.54) is 38.5 Å². The maximum atomic E-state index is 11.6. The van der Waals surface area contributed by atoms with Gasteiger partial charge in [-0.3, -0.25) is 4.79 Å². The zero-order valence-corrected chi connectivity index (χ0v) is 22.2. The van der Waals surface area contributed by atoms with E-state index in [-0.39, 0.29) is 17.7 Å². The van der Waals surface area contributed by atoms with Crippen LogP contribution < -0.4 is 0 Å². The predicted molar refractivity (Wildman–Crippen MR) is 133 cm³/mol. The van der Waals surface area contributed by atoms with E-state index >= 15 is 0 Å². The normalized spacial score (nSPS) is 50.2. The second kappa shape index (κ2) is 8.10. The summed E-state index contributed by atoms with van der Waals surface area (Å²) in [5.41, 5.74) is 0.908. The van der Waals surface area contributed by atoms with Gasteiger partial charge in [0.2, 0.25) is 0 Å². The van der Waals surface area contributed by atoms with Crippen LogP contribution in [0, 0.1) is 52.3 Å². The summed E-state index contributed by atoms with van der Waals surface area (Å²) in [4.78, 5) is 11.6. The van der Waals surface area contributed by atoms with Gasteiger partial charge in [0.05, 0.1) is 6.10 Å². The van der Waals surface area contributed by atoms with Gasteiger partial charge in [-0.2, -0.15) is 0 Å². The minimum atomic E-state index is -0.118. The number of hydrogen-bond donors (Lipinski definition) is 0. The Bertz CT molecular complexity index is 802. The first-order chi connectivity index (χ1) is 15.5. The van der Waals surface area contributed by atoms with Crippen molar-refractivity contribution < 1.29 is 14.3 Å². The quantitative estimate of drug-likeness (QED) is 0.249. The third-order valence-electron chi connectivity index (χ3n) is 11.8. The summed E-state index contributed by atoms with van der Waals surface area (Å²) in [5, 5.41) is 0. The first-order valence-corrected chi connectivity index (χ1v) is 14.1. The Morgan fingerprint density at radius 1 is 0.939 bits per heavy atom. The maximum absolute atomic E-state index is 11.6. The van der Waals surface area contributed by atoms with Gasteiger partial charge >= 0.3 is 5.97 Å². The Morgan fingerprint density at radius 2 is 1.64 bits per heavy atom. The highest BCUT2D eigenvalue weighted by Crippen LogP contribution is 2.76. The van der Waals surface area contributed by atoms with E-state index in [0.29, 0.717) is 46.5 Å². The Morgan fingerprint density at radius 3 is 2.33 bits per heavy atom. The molecule has 0 aromatic heterocycles. The molecule has 4 aliphatic carbocycles. The molecule has 0 aromatic rings. The average molecular weight is 457 g/mol. The van der Waals surface area contributed by atoms with Gasteiger partial charge in [-0.15, -0.1) is 0 Å². The zero-order chi connectivity index (χ0) is 23.8. The van der Waals surface area contributed by atoms with Crippen molar-refractivity contribution in [2.75, 3.05) is 0 Å². The molecule has 0 bridgehead atoms. The first-order valence-electron chi connectivity index (χ1n) is 14.1. The summed E-state index contributed by atoms with van der Waals surface area (Å²) >= 11 is 0. The van der Waals surface area contributed by atoms with Crippen molar-refractivity contribution in [3.63, 3.8) is 0 Å². The Kier molecular flexibility index (Phi) is 5.87. The molecule has 4 saturated carbocycles. The van der Waals surface area contributed by atoms with E-state index in [0.717, 1.165) is 24.7 Å². The monoisotopic (exact) mass is 456 g/mol. The highest BCUT2D eigenvalue weighted by molar-refractivity contribution is 5.66. The number of carbonyl (C=O) groups excluding carboxylic acids is 1. The summed E-state index contributed by atoms with van der Waals surface area (Å²) in [6, 6.07) is 0. The average Bonchev–Trinajstić information content (AvgIpc) is 3.32. The SMILES string of the molecule is CC(=O)OC1CCC2(C)C3CCC4(C)C([C@H](C)/C=C/[C@H](C)C(C)C)CCC4[C@]34O[C@@H]4C[C@H]2C1. The van der Waals surface area contributed by atoms with Crippen LogP contribution in [0.15, 0.2) is 12.2 Å². The highest BCUT2D eigenvalue weighted by Gasteiger charge is 2.78. The van der Waals surface area contributed by atoms with Gasteiger partial charge in [0.1, 0.15) is 11.7 Å². The van der Waals surface area contributed by atoms with Gasteiger partial charge in [-0.1, -0.05) is 53.7 Å². The molecule has 5 aliphatic rings. The van der Waals surface area contributed by atoms with Crippen LogP contribution in [0.1, 0.15) is 99.8 Å². The summed E-state index contributed by atoms with van der Waals surface area (Å²) in [7, 11) is 0. The van der Waals surface area contributed by atoms with E-state index in [1.807, 2.05) is 0 Å². The molecule has 0 N–H and O–H groups in total. The van der Waals surface area contributed by atoms with Crippen molar-refractivity contribution >= 4 is 5.97 Å². The second-order valence-electron chi connectivity index (χ2n) is 13.6. The van der Waals surface area contributed by atoms with Crippen molar-refractivity contribution in [2.24, 2.45) is 52.3 Å². The number of epoxide rings is 1. The third-order valence-corrected chi connectivity index (χ3v) is 11.8. The van der Waals surface area contributed by atoms with E-state index < -0.39 is 0 Å². The Labute approximate surface area is 202 Å². The molecule has 6 unspecified atom stereocenters. The number of hydrogen-bond acceptors (Lipinski definition) is 3. The van der Waals surface area contributed by atoms with Crippen LogP contribution in [0.4, 0.5) is 0 Å². The zero-order valence-electron chi connectivity index (χ0n) is 22.2. The van der Waals surface area contributed by atoms with Gasteiger partial charge in [0.15, 0.2) is 0 Å². The molecule has 1 spiro atoms. The molecule has 3 heteroatoms. The van der Waals surface area contributed by atoms with Gasteiger partial charge < -0.3 is 9.47 Å². The smallest absolute Gasteiger partial charge is 0.302 e. The molecule has 0 radical (unpaired) electrons. The van der Waals surface area contributed by atoms with Gasteiger partial charge in [-0.25, -0.2) is 0 Å². The fourth-order valence-corrected chi connectivity index (χ4v) is 9.57. The lowest BCUT2D eigenvalue weighted by molar-refractivity contribution is -0.157. The van der Waals surface area contributed by atoms with Crippen molar-refractivity contribution in [3.8, 4) is 0 Å². The van der Waals surface area contributed by atoms with Crippen molar-refractivity contribution in [1.82, 2.24) is 0 Å². The molecule has 5 rings (SSSR count). The third kappa shape index (κ3) is 3.57. The van der Waals surface area contributed by atoms with Crippen LogP contribution in [-0.4, -0.2) is 23.8 Å². The van der Waals surface area contributed by atoms with E-state index in [4.69, 9.17) is 9.47 Å². The maximum Gasteiger partial charge on any atom is 0.302 e. The van der Waals surface area contributed by atoms with E-state index in [9.17, 15) is 4.79 Å². The molecular weight excluding hydrogens is 408 g/mol. The fourth-order valence-electron chi connectivity index (χ4n) is 9.57. The molecule has 186 valence electrons. The minimum absolute atomic E-state index is 0.118. The molecule has 5 fully saturated rings. The van der Waals surface area contributed by atoms with E-state index in [1.54, 1.807) is 6.92 Å². The predicted octanol–water partition coefficient (Wildman–Crippen LogP) is 7.19. The first kappa shape index (κ1) is 23.9. The molecule has 1 heterocycles. The van der Waals surface area contributed by atoms with Gasteiger partial charge in [0.25, 0.3) is 0 Å². The van der Waals surface area contributed by atoms with Crippen molar-refractivity contribution in [3.05, 3.63) is 12.2 Å². The molecule has 1 aliphatic heterocycles. The lowest BCUT2D eigenvalue weighted by Crippen LogP contribution is -2.59. The largest absolute Gasteiger partial charge is 0.463 e. The molecular formula is C30H48O3. The molecule has 33 heavy (non-hydrogen) atoms. The Balaban J connectivity index is 1.34. The topological polar surface area (TPSA) is 38.8 Å². The van der Waals surface area contributed by atoms with Crippen LogP contribution >= 0.6 is 0 Å². The number of fused-ring (bicyclic) bond motifs is 3. The number of ether oxygens (including phenoxy) is 2. The van der Waals surface area contributed by atoms with Crippen LogP contribution in [0.25, 0.3) is 0 Å². The van der Waals surface area contributed by atoms with Gasteiger partial charge in [0, 0.05) is 6.92 Å². The standard InChI is InChI=1S/C30H48O3/c1-18(2)19(3)8-9-20(4)24-10-11-25-29(24,7)15-13-26-28(6)14-12-23(32-21(5)31)16-22(28)17-27-30(25,26)33-27/h8-9,18-20,22-27H,10-17H2,1-7H3/b9-8+/t19-,20+,22+,23?,24?,25?,26?,27+,28?,29?,30-/m0/s1. The van der Waals surface area contributed by atoms with Crippen LogP contribution in [0.3, 0.4) is 0 Å². The second-order valence-corrected chi connectivity index (χ2v) is 13.6. The minimum Gasteiger partial charge on any atom is -0.463 e. The van der Waals surface area contributed by atoms with Gasteiger partial charge in [-0.05, 0) is 104 Å². The van der Waals surface area contributed by atoms with Crippen molar-refractivity contribution in [2.45, 2.75) is 118 Å². The summed E-state index contributed by atoms with van der Waals surface area (Å²) < 4.78 is 12.5. The summed E-state index contributed by atoms with van der Waals surface area (Å²) in [6.07, 6.45) is 15.5. The number of rotatable bonds is 5. The molecule has 0 amide bonds.